The summed E-state index contributed by atoms with van der Waals surface area (Å²) < 4.78 is 25.5. The van der Waals surface area contributed by atoms with E-state index in [1.807, 2.05) is 0 Å². The third kappa shape index (κ3) is 3.17. The Morgan fingerprint density at radius 3 is 2.61 bits per heavy atom. The Kier molecular flexibility index (Phi) is 4.62. The highest BCUT2D eigenvalue weighted by molar-refractivity contribution is 7.89. The van der Waals surface area contributed by atoms with Crippen LogP contribution in [0.4, 0.5) is 5.82 Å². The van der Waals surface area contributed by atoms with Crippen molar-refractivity contribution in [3.05, 3.63) is 18.3 Å². The highest BCUT2D eigenvalue weighted by Crippen LogP contribution is 2.14. The molecule has 18 heavy (non-hydrogen) atoms. The largest absolute Gasteiger partial charge is 0.384 e. The number of nitrogens with one attached hydrogen (secondary N) is 1. The van der Waals surface area contributed by atoms with Gasteiger partial charge in [-0.05, 0) is 12.1 Å². The van der Waals surface area contributed by atoms with Gasteiger partial charge in [0.15, 0.2) is 0 Å². The first kappa shape index (κ1) is 14.4. The molecule has 1 amide bonds. The average molecular weight is 272 g/mol. The molecule has 0 aromatic carbocycles. The minimum atomic E-state index is -3.72. The molecule has 0 saturated carbocycles. The maximum atomic E-state index is 12.2. The summed E-state index contributed by atoms with van der Waals surface area (Å²) in [4.78, 5) is 15.0. The third-order valence-corrected chi connectivity index (χ3v) is 4.25. The van der Waals surface area contributed by atoms with Crippen LogP contribution < -0.4 is 11.1 Å². The van der Waals surface area contributed by atoms with Gasteiger partial charge >= 0.3 is 0 Å². The molecule has 1 heterocycles. The number of amides is 1. The number of nitrogens with two attached hydrogens (primary N) is 1. The van der Waals surface area contributed by atoms with Crippen molar-refractivity contribution in [2.24, 2.45) is 0 Å². The van der Waals surface area contributed by atoms with Crippen LogP contribution in [-0.2, 0) is 14.8 Å². The van der Waals surface area contributed by atoms with E-state index in [0.29, 0.717) is 0 Å². The lowest BCUT2D eigenvalue weighted by atomic mass is 10.5. The number of hydrogen-bond donors (Lipinski definition) is 2. The van der Waals surface area contributed by atoms with Gasteiger partial charge < -0.3 is 11.1 Å². The first-order valence-corrected chi connectivity index (χ1v) is 6.78. The molecule has 0 atom stereocenters. The molecule has 8 heteroatoms. The summed E-state index contributed by atoms with van der Waals surface area (Å²) in [7, 11) is -2.27. The van der Waals surface area contributed by atoms with Crippen LogP contribution in [0.3, 0.4) is 0 Å². The minimum Gasteiger partial charge on any atom is -0.384 e. The van der Waals surface area contributed by atoms with Gasteiger partial charge in [0, 0.05) is 19.8 Å². The van der Waals surface area contributed by atoms with Gasteiger partial charge in [-0.1, -0.05) is 6.92 Å². The fraction of sp³-hybridized carbons (Fsp3) is 0.400. The second-order valence-electron chi connectivity index (χ2n) is 3.52. The SMILES string of the molecule is CCN(CC(=O)NC)S(=O)(=O)c1ccc(N)nc1. The summed E-state index contributed by atoms with van der Waals surface area (Å²) in [5.41, 5.74) is 5.40. The van der Waals surface area contributed by atoms with Crippen LogP contribution in [-0.4, -0.2) is 43.8 Å². The van der Waals surface area contributed by atoms with E-state index in [9.17, 15) is 13.2 Å². The van der Waals surface area contributed by atoms with Crippen LogP contribution >= 0.6 is 0 Å². The van der Waals surface area contributed by atoms with E-state index in [-0.39, 0.29) is 29.7 Å². The molecular formula is C10H16N4O3S. The second kappa shape index (κ2) is 5.78. The summed E-state index contributed by atoms with van der Waals surface area (Å²) in [5.74, 6) is -0.132. The summed E-state index contributed by atoms with van der Waals surface area (Å²) in [5, 5.41) is 2.38. The van der Waals surface area contributed by atoms with Crippen molar-refractivity contribution in [3.8, 4) is 0 Å². The Bertz CT molecular complexity index is 512. The fourth-order valence-corrected chi connectivity index (χ4v) is 2.65. The lowest BCUT2D eigenvalue weighted by Gasteiger charge is -2.19. The van der Waals surface area contributed by atoms with Crippen molar-refractivity contribution >= 4 is 21.7 Å². The van der Waals surface area contributed by atoms with Crippen LogP contribution in [0.1, 0.15) is 6.92 Å². The van der Waals surface area contributed by atoms with E-state index in [4.69, 9.17) is 5.73 Å². The van der Waals surface area contributed by atoms with Crippen LogP contribution in [0.5, 0.6) is 0 Å². The van der Waals surface area contributed by atoms with Crippen LogP contribution in [0.25, 0.3) is 0 Å². The van der Waals surface area contributed by atoms with Crippen molar-refractivity contribution in [3.63, 3.8) is 0 Å². The number of hydrogen-bond acceptors (Lipinski definition) is 5. The Morgan fingerprint density at radius 2 is 2.17 bits per heavy atom. The second-order valence-corrected chi connectivity index (χ2v) is 5.46. The highest BCUT2D eigenvalue weighted by Gasteiger charge is 2.25. The molecule has 3 N–H and O–H groups in total. The molecule has 1 aromatic heterocycles. The molecule has 1 aromatic rings. The van der Waals surface area contributed by atoms with E-state index < -0.39 is 10.0 Å². The molecule has 0 aliphatic carbocycles. The van der Waals surface area contributed by atoms with E-state index in [1.165, 1.54) is 25.4 Å². The number of sulfonamides is 1. The standard InChI is InChI=1S/C10H16N4O3S/c1-3-14(7-10(15)12-2)18(16,17)8-4-5-9(11)13-6-8/h4-6H,3,7H2,1-2H3,(H2,11,13)(H,12,15). The molecule has 1 rings (SSSR count). The molecular weight excluding hydrogens is 256 g/mol. The molecule has 0 fully saturated rings. The van der Waals surface area contributed by atoms with Gasteiger partial charge in [-0.2, -0.15) is 4.31 Å². The van der Waals surface area contributed by atoms with Crippen molar-refractivity contribution in [2.75, 3.05) is 25.9 Å². The van der Waals surface area contributed by atoms with Crippen LogP contribution in [0.15, 0.2) is 23.2 Å². The Balaban J connectivity index is 3.03. The molecule has 0 saturated heterocycles. The van der Waals surface area contributed by atoms with Gasteiger partial charge in [-0.3, -0.25) is 4.79 Å². The quantitative estimate of drug-likeness (QED) is 0.746. The highest BCUT2D eigenvalue weighted by atomic mass is 32.2. The topological polar surface area (TPSA) is 105 Å². The van der Waals surface area contributed by atoms with Gasteiger partial charge in [-0.15, -0.1) is 0 Å². The zero-order valence-electron chi connectivity index (χ0n) is 10.3. The molecule has 100 valence electrons. The number of likely N-dealkylation sites (N-methyl/N-ethyl adjacent to an activating group) is 2. The number of carbonyl (C=O) groups excluding carboxylic acids is 1. The van der Waals surface area contributed by atoms with Crippen molar-refractivity contribution < 1.29 is 13.2 Å². The molecule has 7 nitrogen and oxygen atoms in total. The molecule has 0 aliphatic rings. The van der Waals surface area contributed by atoms with Gasteiger partial charge in [0.2, 0.25) is 15.9 Å². The van der Waals surface area contributed by atoms with Gasteiger partial charge in [0.25, 0.3) is 0 Å². The number of aromatic nitrogens is 1. The number of pyridine rings is 1. The van der Waals surface area contributed by atoms with E-state index in [0.717, 1.165) is 4.31 Å². The average Bonchev–Trinajstić information content (AvgIpc) is 2.35. The zero-order chi connectivity index (χ0) is 13.8. The lowest BCUT2D eigenvalue weighted by Crippen LogP contribution is -2.39. The molecule has 0 aliphatic heterocycles. The van der Waals surface area contributed by atoms with E-state index >= 15 is 0 Å². The third-order valence-electron chi connectivity index (χ3n) is 2.35. The summed E-state index contributed by atoms with van der Waals surface area (Å²) in [6.07, 6.45) is 1.18. The number of anilines is 1. The molecule has 0 spiro atoms. The number of carbonyl (C=O) groups is 1. The van der Waals surface area contributed by atoms with E-state index in [1.54, 1.807) is 6.92 Å². The number of nitrogens with zero attached hydrogens (tertiary/aromatic N) is 2. The minimum absolute atomic E-state index is 0.0162. The molecule has 0 radical (unpaired) electrons. The number of nitrogen functional groups attached to an aromatic ring is 1. The van der Waals surface area contributed by atoms with E-state index in [2.05, 4.69) is 10.3 Å². The lowest BCUT2D eigenvalue weighted by molar-refractivity contribution is -0.120. The van der Waals surface area contributed by atoms with Crippen molar-refractivity contribution in [2.45, 2.75) is 11.8 Å². The predicted molar refractivity (Wildman–Crippen MR) is 67.1 cm³/mol. The smallest absolute Gasteiger partial charge is 0.245 e. The first-order valence-electron chi connectivity index (χ1n) is 5.34. The van der Waals surface area contributed by atoms with Gasteiger partial charge in [-0.25, -0.2) is 13.4 Å². The fourth-order valence-electron chi connectivity index (χ4n) is 1.30. The first-order chi connectivity index (χ1) is 8.41. The zero-order valence-corrected chi connectivity index (χ0v) is 11.1. The Morgan fingerprint density at radius 1 is 1.50 bits per heavy atom. The molecule has 0 bridgehead atoms. The number of rotatable bonds is 5. The predicted octanol–water partition coefficient (Wildman–Crippen LogP) is -0.580. The summed E-state index contributed by atoms with van der Waals surface area (Å²) in [6.45, 7) is 1.63. The maximum absolute atomic E-state index is 12.2. The van der Waals surface area contributed by atoms with Crippen LogP contribution in [0.2, 0.25) is 0 Å². The van der Waals surface area contributed by atoms with Gasteiger partial charge in [0.05, 0.1) is 6.54 Å². The Labute approximate surface area is 106 Å². The van der Waals surface area contributed by atoms with Gasteiger partial charge in [0.1, 0.15) is 10.7 Å². The summed E-state index contributed by atoms with van der Waals surface area (Å²) >= 11 is 0. The van der Waals surface area contributed by atoms with Crippen molar-refractivity contribution in [1.82, 2.24) is 14.6 Å². The summed E-state index contributed by atoms with van der Waals surface area (Å²) in [6, 6.07) is 2.77. The maximum Gasteiger partial charge on any atom is 0.245 e. The normalized spacial score (nSPS) is 11.5. The molecule has 0 unspecified atom stereocenters. The van der Waals surface area contributed by atoms with Crippen molar-refractivity contribution in [1.29, 1.82) is 0 Å². The Hall–Kier alpha value is -1.67. The van der Waals surface area contributed by atoms with Crippen LogP contribution in [0, 0.1) is 0 Å². The monoisotopic (exact) mass is 272 g/mol.